The first-order valence-corrected chi connectivity index (χ1v) is 21.1. The summed E-state index contributed by atoms with van der Waals surface area (Å²) in [6.45, 7) is 9.10. The van der Waals surface area contributed by atoms with Crippen LogP contribution in [0, 0.1) is 16.7 Å². The van der Waals surface area contributed by atoms with Crippen molar-refractivity contribution in [2.75, 3.05) is 13.4 Å². The van der Waals surface area contributed by atoms with Crippen molar-refractivity contribution in [1.82, 2.24) is 5.32 Å². The molecule has 0 radical (unpaired) electrons. The van der Waals surface area contributed by atoms with Crippen LogP contribution in [0.25, 0.3) is 0 Å². The predicted octanol–water partition coefficient (Wildman–Crippen LogP) is 4.55. The third kappa shape index (κ3) is 7.33. The van der Waals surface area contributed by atoms with Crippen LogP contribution in [0.3, 0.4) is 0 Å². The van der Waals surface area contributed by atoms with Gasteiger partial charge in [0.05, 0.1) is 30.2 Å². The number of aliphatic hydroxyl groups excluding tert-OH is 1. The molecule has 4 fully saturated rings. The number of hydrogen-bond donors (Lipinski definition) is 3. The van der Waals surface area contributed by atoms with Crippen molar-refractivity contribution in [3.8, 4) is 0 Å². The topological polar surface area (TPSA) is 202 Å². The molecule has 2 aliphatic heterocycles. The molecule has 3 aromatic carbocycles. The Bertz CT molecular complexity index is 2280. The van der Waals surface area contributed by atoms with Crippen LogP contribution in [0.5, 0.6) is 0 Å². The summed E-state index contributed by atoms with van der Waals surface area (Å²) in [7, 11) is 0. The minimum Gasteiger partial charge on any atom is -0.456 e. The minimum atomic E-state index is -2.22. The van der Waals surface area contributed by atoms with Gasteiger partial charge in [-0.2, -0.15) is 0 Å². The van der Waals surface area contributed by atoms with Crippen LogP contribution in [0.1, 0.15) is 86.7 Å². The maximum atomic E-state index is 14.4. The van der Waals surface area contributed by atoms with Crippen LogP contribution >= 0.6 is 0 Å². The normalized spacial score (nSPS) is 33.6. The molecule has 3 aromatic rings. The van der Waals surface area contributed by atoms with E-state index in [0.717, 1.165) is 0 Å². The van der Waals surface area contributed by atoms with E-state index in [-0.39, 0.29) is 25.4 Å². The largest absolute Gasteiger partial charge is 0.456 e. The number of amides is 1. The zero-order valence-corrected chi connectivity index (χ0v) is 36.0. The van der Waals surface area contributed by atoms with Crippen LogP contribution in [-0.4, -0.2) is 107 Å². The zero-order valence-electron chi connectivity index (χ0n) is 36.0. The summed E-state index contributed by atoms with van der Waals surface area (Å²) < 4.78 is 44.3. The van der Waals surface area contributed by atoms with Gasteiger partial charge in [-0.25, -0.2) is 9.59 Å². The van der Waals surface area contributed by atoms with Crippen molar-refractivity contribution in [3.05, 3.63) is 119 Å². The standard InChI is InChI=1S/C48H53NO14/c1-26-32(61-44(55)37(52)36(29-16-10-7-11-17-29)49-42(53)30-18-12-8-13-19-30)23-48(56)41(62-43(54)31-20-14-9-15-21-31)39-46(6)33(22-34-47(39,24-57-34)63-28(3)51)58-25-59-40(46)38(60-27(2)50)35(26)45(48,4)5/h7-21,32-34,36-41,52,56H,22-25H2,1-6H3,(H,49,53)/t32-,33-,34+,36-,37+,38-,39-,40-,41-,46+,47-,48+/m0/s1. The SMILES string of the molecule is CC(=O)O[C@H]1C2=C(C)[C@@H](OC(=O)[C@H](O)[C@@H](NC(=O)c3ccccc3)c3ccccc3)C[C@@](O)([C@@H](OC(=O)c3ccccc3)[C@@H]3[C@]4(OC(C)=O)CO[C@@H]4C[C@@H]4OCO[C@@H]1[C@]43C)C2(C)C. The molecule has 2 saturated heterocycles. The van der Waals surface area contributed by atoms with Gasteiger partial charge in [-0.1, -0.05) is 87.5 Å². The number of fused-ring (bicyclic) bond motifs is 4. The van der Waals surface area contributed by atoms with Crippen molar-refractivity contribution in [2.24, 2.45) is 16.7 Å². The third-order valence-corrected chi connectivity index (χ3v) is 14.2. The van der Waals surface area contributed by atoms with E-state index in [4.69, 9.17) is 33.2 Å². The van der Waals surface area contributed by atoms with Crippen LogP contribution in [0.15, 0.2) is 102 Å². The van der Waals surface area contributed by atoms with Crippen LogP contribution in [0.4, 0.5) is 0 Å². The molecule has 3 aliphatic carbocycles. The van der Waals surface area contributed by atoms with Gasteiger partial charge >= 0.3 is 23.9 Å². The van der Waals surface area contributed by atoms with Gasteiger partial charge in [0, 0.05) is 43.1 Å². The van der Waals surface area contributed by atoms with Crippen molar-refractivity contribution >= 4 is 29.8 Å². The lowest BCUT2D eigenvalue weighted by atomic mass is 9.44. The minimum absolute atomic E-state index is 0.132. The fourth-order valence-electron chi connectivity index (χ4n) is 11.1. The molecule has 2 heterocycles. The lowest BCUT2D eigenvalue weighted by Crippen LogP contribution is -2.83. The van der Waals surface area contributed by atoms with Crippen molar-refractivity contribution < 1.29 is 67.3 Å². The number of aliphatic hydroxyl groups is 2. The Morgan fingerprint density at radius 1 is 0.778 bits per heavy atom. The number of rotatable bonds is 10. The summed E-state index contributed by atoms with van der Waals surface area (Å²) in [6.07, 6.45) is -8.86. The molecule has 15 nitrogen and oxygen atoms in total. The molecule has 1 amide bonds. The van der Waals surface area contributed by atoms with Gasteiger partial charge in [0.2, 0.25) is 0 Å². The van der Waals surface area contributed by atoms with Gasteiger partial charge < -0.3 is 48.7 Å². The fourth-order valence-corrected chi connectivity index (χ4v) is 11.1. The molecule has 2 bridgehead atoms. The van der Waals surface area contributed by atoms with Crippen molar-refractivity contribution in [1.29, 1.82) is 0 Å². The Labute approximate surface area is 365 Å². The van der Waals surface area contributed by atoms with Gasteiger partial charge in [0.15, 0.2) is 17.8 Å². The highest BCUT2D eigenvalue weighted by molar-refractivity contribution is 5.95. The molecule has 2 saturated carbocycles. The summed E-state index contributed by atoms with van der Waals surface area (Å²) in [5.41, 5.74) is -4.92. The molecule has 63 heavy (non-hydrogen) atoms. The molecule has 12 atom stereocenters. The number of nitrogens with one attached hydrogen (secondary N) is 1. The van der Waals surface area contributed by atoms with Crippen LogP contribution in [-0.2, 0) is 47.5 Å². The smallest absolute Gasteiger partial charge is 0.338 e. The number of carbonyl (C=O) groups excluding carboxylic acids is 5. The number of ether oxygens (including phenoxy) is 7. The molecule has 5 aliphatic rings. The lowest BCUT2D eigenvalue weighted by Gasteiger charge is -2.70. The molecule has 15 heteroatoms. The summed E-state index contributed by atoms with van der Waals surface area (Å²) in [6, 6.07) is 23.7. The fraction of sp³-hybridized carbons (Fsp3) is 0.479. The lowest BCUT2D eigenvalue weighted by molar-refractivity contribution is -0.395. The highest BCUT2D eigenvalue weighted by atomic mass is 16.7. The molecule has 3 N–H and O–H groups in total. The van der Waals surface area contributed by atoms with Crippen LogP contribution < -0.4 is 5.32 Å². The van der Waals surface area contributed by atoms with Gasteiger partial charge in [0.25, 0.3) is 5.91 Å². The number of esters is 4. The number of carbonyl (C=O) groups is 5. The third-order valence-electron chi connectivity index (χ3n) is 14.2. The number of benzene rings is 3. The highest BCUT2D eigenvalue weighted by Gasteiger charge is 2.79. The van der Waals surface area contributed by atoms with E-state index in [2.05, 4.69) is 5.32 Å². The molecule has 334 valence electrons. The predicted molar refractivity (Wildman–Crippen MR) is 221 cm³/mol. The van der Waals surface area contributed by atoms with Crippen molar-refractivity contribution in [2.45, 2.75) is 114 Å². The first-order valence-electron chi connectivity index (χ1n) is 21.1. The Balaban J connectivity index is 1.28. The molecular formula is C48H53NO14. The van der Waals surface area contributed by atoms with E-state index in [9.17, 15) is 34.2 Å². The second-order valence-corrected chi connectivity index (χ2v) is 18.0. The van der Waals surface area contributed by atoms with Gasteiger partial charge in [-0.15, -0.1) is 0 Å². The first-order chi connectivity index (χ1) is 29.9. The zero-order chi connectivity index (χ0) is 45.1. The second-order valence-electron chi connectivity index (χ2n) is 18.0. The maximum Gasteiger partial charge on any atom is 0.338 e. The average Bonchev–Trinajstić information content (AvgIpc) is 3.25. The van der Waals surface area contributed by atoms with Crippen LogP contribution in [0.2, 0.25) is 0 Å². The highest BCUT2D eigenvalue weighted by Crippen LogP contribution is 2.67. The van der Waals surface area contributed by atoms with E-state index in [1.807, 2.05) is 6.92 Å². The van der Waals surface area contributed by atoms with Crippen molar-refractivity contribution in [3.63, 3.8) is 0 Å². The quantitative estimate of drug-likeness (QED) is 0.146. The van der Waals surface area contributed by atoms with E-state index >= 15 is 0 Å². The average molecular weight is 868 g/mol. The maximum absolute atomic E-state index is 14.4. The summed E-state index contributed by atoms with van der Waals surface area (Å²) in [5.74, 6) is -4.97. The molecule has 8 rings (SSSR count). The summed E-state index contributed by atoms with van der Waals surface area (Å²) >= 11 is 0. The number of hydrogen-bond acceptors (Lipinski definition) is 14. The second kappa shape index (κ2) is 16.6. The molecule has 0 unspecified atom stereocenters. The van der Waals surface area contributed by atoms with E-state index in [1.54, 1.807) is 112 Å². The monoisotopic (exact) mass is 867 g/mol. The van der Waals surface area contributed by atoms with E-state index < -0.39 is 113 Å². The Morgan fingerprint density at radius 3 is 1.98 bits per heavy atom. The Morgan fingerprint density at radius 2 is 1.40 bits per heavy atom. The Hall–Kier alpha value is -5.45. The van der Waals surface area contributed by atoms with Gasteiger partial charge in [-0.3, -0.25) is 14.4 Å². The molecular weight excluding hydrogens is 815 g/mol. The van der Waals surface area contributed by atoms with E-state index in [1.165, 1.54) is 13.8 Å². The Kier molecular flexibility index (Phi) is 11.6. The molecule has 0 spiro atoms. The first kappa shape index (κ1) is 44.2. The van der Waals surface area contributed by atoms with Gasteiger partial charge in [-0.05, 0) is 47.9 Å². The van der Waals surface area contributed by atoms with Gasteiger partial charge in [0.1, 0.15) is 36.8 Å². The molecule has 0 aromatic heterocycles. The van der Waals surface area contributed by atoms with E-state index in [0.29, 0.717) is 22.3 Å². The summed E-state index contributed by atoms with van der Waals surface area (Å²) in [4.78, 5) is 68.8. The summed E-state index contributed by atoms with van der Waals surface area (Å²) in [5, 5.41) is 28.5.